The van der Waals surface area contributed by atoms with Gasteiger partial charge in [-0.15, -0.1) is 0 Å². The average Bonchev–Trinajstić information content (AvgIpc) is 2.38. The van der Waals surface area contributed by atoms with E-state index in [-0.39, 0.29) is 12.7 Å². The molecule has 0 saturated carbocycles. The van der Waals surface area contributed by atoms with Gasteiger partial charge in [0, 0.05) is 24.5 Å². The molecule has 1 atom stereocenters. The van der Waals surface area contributed by atoms with E-state index in [0.717, 1.165) is 5.69 Å². The topological polar surface area (TPSA) is 102 Å². The lowest BCUT2D eigenvalue weighted by Crippen LogP contribution is -2.44. The maximum atomic E-state index is 11.4. The number of benzene rings is 1. The summed E-state index contributed by atoms with van der Waals surface area (Å²) in [5.41, 5.74) is 12.6. The van der Waals surface area contributed by atoms with Crippen LogP contribution in [-0.2, 0) is 4.74 Å². The van der Waals surface area contributed by atoms with E-state index in [1.54, 1.807) is 18.2 Å². The smallest absolute Gasteiger partial charge is 0.250 e. The van der Waals surface area contributed by atoms with Crippen molar-refractivity contribution in [3.8, 4) is 0 Å². The molecule has 1 aromatic carbocycles. The Kier molecular flexibility index (Phi) is 3.69. The Morgan fingerprint density at radius 1 is 1.56 bits per heavy atom. The average molecular weight is 251 g/mol. The van der Waals surface area contributed by atoms with Gasteiger partial charge >= 0.3 is 0 Å². The molecule has 0 aliphatic carbocycles. The quantitative estimate of drug-likeness (QED) is 0.632. The Morgan fingerprint density at radius 2 is 2.33 bits per heavy atom. The van der Waals surface area contributed by atoms with Crippen LogP contribution in [0.2, 0.25) is 0 Å². The van der Waals surface area contributed by atoms with Gasteiger partial charge < -0.3 is 26.2 Å². The fraction of sp³-hybridized carbons (Fsp3) is 0.417. The molecule has 0 spiro atoms. The van der Waals surface area contributed by atoms with Crippen molar-refractivity contribution in [2.24, 2.45) is 5.73 Å². The van der Waals surface area contributed by atoms with Crippen LogP contribution in [0.4, 0.5) is 11.4 Å². The summed E-state index contributed by atoms with van der Waals surface area (Å²) < 4.78 is 5.37. The molecule has 0 radical (unpaired) electrons. The zero-order valence-electron chi connectivity index (χ0n) is 10.0. The molecular weight excluding hydrogens is 234 g/mol. The Bertz CT molecular complexity index is 450. The molecule has 98 valence electrons. The predicted octanol–water partition coefficient (Wildman–Crippen LogP) is -0.435. The van der Waals surface area contributed by atoms with Gasteiger partial charge in [-0.1, -0.05) is 0 Å². The molecule has 1 aromatic rings. The van der Waals surface area contributed by atoms with Crippen LogP contribution < -0.4 is 16.4 Å². The number of hydrogen-bond donors (Lipinski definition) is 3. The second-order valence-corrected chi connectivity index (χ2v) is 4.26. The summed E-state index contributed by atoms with van der Waals surface area (Å²) in [6.07, 6.45) is -0.239. The van der Waals surface area contributed by atoms with Crippen LogP contribution in [0, 0.1) is 0 Å². The second kappa shape index (κ2) is 5.24. The number of amides is 1. The predicted molar refractivity (Wildman–Crippen MR) is 68.4 cm³/mol. The molecule has 0 aromatic heterocycles. The van der Waals surface area contributed by atoms with Crippen LogP contribution >= 0.6 is 0 Å². The minimum atomic E-state index is -0.510. The first-order valence-electron chi connectivity index (χ1n) is 5.78. The molecule has 1 unspecified atom stereocenters. The van der Waals surface area contributed by atoms with E-state index >= 15 is 0 Å². The number of nitrogens with zero attached hydrogens (tertiary/aromatic N) is 1. The lowest BCUT2D eigenvalue weighted by atomic mass is 10.1. The Morgan fingerprint density at radius 3 is 3.00 bits per heavy atom. The molecule has 1 aliphatic heterocycles. The molecule has 2 rings (SSSR count). The molecule has 5 N–H and O–H groups in total. The molecule has 18 heavy (non-hydrogen) atoms. The number of aliphatic hydroxyl groups excluding tert-OH is 1. The SMILES string of the molecule is NC(=O)c1cc(N)ccc1N1CCOC(CO)C1. The summed E-state index contributed by atoms with van der Waals surface area (Å²) in [4.78, 5) is 13.4. The summed E-state index contributed by atoms with van der Waals surface area (Å²) in [6, 6.07) is 5.07. The van der Waals surface area contributed by atoms with Crippen molar-refractivity contribution in [1.82, 2.24) is 0 Å². The van der Waals surface area contributed by atoms with Crippen molar-refractivity contribution in [2.45, 2.75) is 6.10 Å². The standard InChI is InChI=1S/C12H17N3O3/c13-8-1-2-11(10(5-8)12(14)17)15-3-4-18-9(6-15)7-16/h1-2,5,9,16H,3-4,6-7,13H2,(H2,14,17). The van der Waals surface area contributed by atoms with Crippen LogP contribution in [0.3, 0.4) is 0 Å². The zero-order valence-corrected chi connectivity index (χ0v) is 10.0. The minimum absolute atomic E-state index is 0.0443. The van der Waals surface area contributed by atoms with Crippen molar-refractivity contribution in [3.05, 3.63) is 23.8 Å². The molecule has 1 saturated heterocycles. The molecule has 0 bridgehead atoms. The van der Waals surface area contributed by atoms with Gasteiger partial charge in [-0.25, -0.2) is 0 Å². The highest BCUT2D eigenvalue weighted by Gasteiger charge is 2.23. The van der Waals surface area contributed by atoms with Gasteiger partial charge in [0.25, 0.3) is 5.91 Å². The van der Waals surface area contributed by atoms with E-state index in [4.69, 9.17) is 21.3 Å². The van der Waals surface area contributed by atoms with Crippen LogP contribution in [0.1, 0.15) is 10.4 Å². The Labute approximate surface area is 105 Å². The van der Waals surface area contributed by atoms with E-state index in [9.17, 15) is 4.79 Å². The Balaban J connectivity index is 2.29. The number of carbonyl (C=O) groups is 1. The number of morpholine rings is 1. The van der Waals surface area contributed by atoms with E-state index in [1.165, 1.54) is 0 Å². The van der Waals surface area contributed by atoms with E-state index in [2.05, 4.69) is 0 Å². The molecule has 1 amide bonds. The maximum absolute atomic E-state index is 11.4. The van der Waals surface area contributed by atoms with Gasteiger partial charge in [0.1, 0.15) is 0 Å². The van der Waals surface area contributed by atoms with Crippen molar-refractivity contribution < 1.29 is 14.6 Å². The van der Waals surface area contributed by atoms with Crippen LogP contribution in [-0.4, -0.2) is 43.4 Å². The highest BCUT2D eigenvalue weighted by atomic mass is 16.5. The van der Waals surface area contributed by atoms with E-state index < -0.39 is 5.91 Å². The van der Waals surface area contributed by atoms with Gasteiger partial charge in [-0.3, -0.25) is 4.79 Å². The summed E-state index contributed by atoms with van der Waals surface area (Å²) in [5.74, 6) is -0.510. The molecule has 6 heteroatoms. The van der Waals surface area contributed by atoms with Crippen LogP contribution in [0.25, 0.3) is 0 Å². The first kappa shape index (κ1) is 12.7. The third kappa shape index (κ3) is 2.55. The zero-order chi connectivity index (χ0) is 13.1. The molecule has 6 nitrogen and oxygen atoms in total. The maximum Gasteiger partial charge on any atom is 0.250 e. The van der Waals surface area contributed by atoms with Gasteiger partial charge in [0.15, 0.2) is 0 Å². The van der Waals surface area contributed by atoms with Crippen molar-refractivity contribution in [3.63, 3.8) is 0 Å². The second-order valence-electron chi connectivity index (χ2n) is 4.26. The normalized spacial score (nSPS) is 19.8. The number of rotatable bonds is 3. The number of anilines is 2. The van der Waals surface area contributed by atoms with Crippen LogP contribution in [0.5, 0.6) is 0 Å². The fourth-order valence-corrected chi connectivity index (χ4v) is 2.08. The molecular formula is C12H17N3O3. The third-order valence-corrected chi connectivity index (χ3v) is 2.97. The lowest BCUT2D eigenvalue weighted by molar-refractivity contribution is 0.00353. The number of carbonyl (C=O) groups excluding carboxylic acids is 1. The van der Waals surface area contributed by atoms with Crippen molar-refractivity contribution >= 4 is 17.3 Å². The monoisotopic (exact) mass is 251 g/mol. The lowest BCUT2D eigenvalue weighted by Gasteiger charge is -2.34. The number of nitrogen functional groups attached to an aromatic ring is 1. The van der Waals surface area contributed by atoms with Gasteiger partial charge in [0.2, 0.25) is 0 Å². The fourth-order valence-electron chi connectivity index (χ4n) is 2.08. The number of primary amides is 1. The summed E-state index contributed by atoms with van der Waals surface area (Å²) in [7, 11) is 0. The van der Waals surface area contributed by atoms with Gasteiger partial charge in [-0.2, -0.15) is 0 Å². The summed E-state index contributed by atoms with van der Waals surface area (Å²) >= 11 is 0. The largest absolute Gasteiger partial charge is 0.399 e. The minimum Gasteiger partial charge on any atom is -0.399 e. The Hall–Kier alpha value is -1.79. The van der Waals surface area contributed by atoms with Gasteiger partial charge in [-0.05, 0) is 18.2 Å². The molecule has 1 fully saturated rings. The highest BCUT2D eigenvalue weighted by molar-refractivity contribution is 5.99. The van der Waals surface area contributed by atoms with Crippen LogP contribution in [0.15, 0.2) is 18.2 Å². The van der Waals surface area contributed by atoms with E-state index in [1.807, 2.05) is 4.90 Å². The van der Waals surface area contributed by atoms with Gasteiger partial charge in [0.05, 0.1) is 24.9 Å². The first-order valence-corrected chi connectivity index (χ1v) is 5.78. The number of ether oxygens (including phenoxy) is 1. The molecule has 1 aliphatic rings. The number of aliphatic hydroxyl groups is 1. The highest BCUT2D eigenvalue weighted by Crippen LogP contribution is 2.24. The number of hydrogen-bond acceptors (Lipinski definition) is 5. The third-order valence-electron chi connectivity index (χ3n) is 2.97. The molecule has 1 heterocycles. The summed E-state index contributed by atoms with van der Waals surface area (Å²) in [6.45, 7) is 1.65. The van der Waals surface area contributed by atoms with Crippen molar-refractivity contribution in [1.29, 1.82) is 0 Å². The first-order chi connectivity index (χ1) is 8.61. The number of nitrogens with two attached hydrogens (primary N) is 2. The summed E-state index contributed by atoms with van der Waals surface area (Å²) in [5, 5.41) is 9.12. The van der Waals surface area contributed by atoms with E-state index in [0.29, 0.717) is 30.9 Å². The van der Waals surface area contributed by atoms with Crippen molar-refractivity contribution in [2.75, 3.05) is 36.9 Å².